The highest BCUT2D eigenvalue weighted by Gasteiger charge is 2.43. The topological polar surface area (TPSA) is 113 Å². The van der Waals surface area contributed by atoms with Crippen molar-refractivity contribution in [1.82, 2.24) is 0 Å². The standard InChI is InChI=1S/C29H46O9Si/c1-20(18-30)12-13-23(31)27-24(37-29(2,3)38-27)11-9-10-21-16-22(34-5)17-25(36-19-33-4)26(21)28(32)35-14-15-39(6,7)8/h9-10,12-13,16-17,20,23-24,27,30-31H,11,14-15,18-19H2,1-8H3/b10-9+,13-12-/t20-,23?,24-,27?/m0/s1. The fraction of sp³-hybridized carbons (Fsp3) is 0.621. The summed E-state index contributed by atoms with van der Waals surface area (Å²) in [5, 5.41) is 20.0. The maximum Gasteiger partial charge on any atom is 0.342 e. The van der Waals surface area contributed by atoms with E-state index in [0.717, 1.165) is 6.04 Å². The van der Waals surface area contributed by atoms with Gasteiger partial charge in [-0.3, -0.25) is 0 Å². The van der Waals surface area contributed by atoms with E-state index < -0.39 is 38.1 Å². The zero-order valence-electron chi connectivity index (χ0n) is 24.6. The summed E-state index contributed by atoms with van der Waals surface area (Å²) >= 11 is 0. The van der Waals surface area contributed by atoms with Gasteiger partial charge in [0.1, 0.15) is 29.3 Å². The Morgan fingerprint density at radius 2 is 1.90 bits per heavy atom. The van der Waals surface area contributed by atoms with E-state index in [4.69, 9.17) is 28.4 Å². The van der Waals surface area contributed by atoms with Crippen LogP contribution in [-0.2, 0) is 18.9 Å². The lowest BCUT2D eigenvalue weighted by Gasteiger charge is -2.20. The van der Waals surface area contributed by atoms with Gasteiger partial charge in [-0.1, -0.05) is 50.9 Å². The Kier molecular flexibility index (Phi) is 12.7. The predicted octanol–water partition coefficient (Wildman–Crippen LogP) is 4.64. The van der Waals surface area contributed by atoms with E-state index in [9.17, 15) is 15.0 Å². The van der Waals surface area contributed by atoms with Gasteiger partial charge in [0, 0.05) is 27.9 Å². The highest BCUT2D eigenvalue weighted by Crippen LogP contribution is 2.34. The molecule has 1 heterocycles. The molecular weight excluding hydrogens is 520 g/mol. The van der Waals surface area contributed by atoms with Crippen LogP contribution in [0.25, 0.3) is 6.08 Å². The van der Waals surface area contributed by atoms with Crippen LogP contribution < -0.4 is 9.47 Å². The largest absolute Gasteiger partial charge is 0.497 e. The smallest absolute Gasteiger partial charge is 0.342 e. The first-order valence-corrected chi connectivity index (χ1v) is 17.0. The normalized spacial score (nSPS) is 20.9. The maximum atomic E-state index is 13.2. The van der Waals surface area contributed by atoms with E-state index in [-0.39, 0.29) is 24.9 Å². The molecule has 0 aliphatic carbocycles. The van der Waals surface area contributed by atoms with Gasteiger partial charge >= 0.3 is 5.97 Å². The van der Waals surface area contributed by atoms with Crippen molar-refractivity contribution in [3.8, 4) is 11.5 Å². The minimum Gasteiger partial charge on any atom is -0.497 e. The number of carbonyl (C=O) groups is 1. The van der Waals surface area contributed by atoms with Crippen LogP contribution in [0, 0.1) is 5.92 Å². The highest BCUT2D eigenvalue weighted by molar-refractivity contribution is 6.76. The van der Waals surface area contributed by atoms with Gasteiger partial charge in [-0.2, -0.15) is 0 Å². The maximum absolute atomic E-state index is 13.2. The van der Waals surface area contributed by atoms with Crippen molar-refractivity contribution >= 4 is 20.1 Å². The zero-order valence-corrected chi connectivity index (χ0v) is 25.6. The molecule has 0 saturated carbocycles. The lowest BCUT2D eigenvalue weighted by atomic mass is 10.0. The first kappa shape index (κ1) is 33.0. The molecule has 4 atom stereocenters. The van der Waals surface area contributed by atoms with Crippen LogP contribution in [0.3, 0.4) is 0 Å². The number of hydrogen-bond donors (Lipinski definition) is 2. The molecule has 39 heavy (non-hydrogen) atoms. The van der Waals surface area contributed by atoms with Gasteiger partial charge in [-0.25, -0.2) is 4.79 Å². The first-order chi connectivity index (χ1) is 18.3. The fourth-order valence-electron chi connectivity index (χ4n) is 3.97. The second kappa shape index (κ2) is 15.0. The Hall–Kier alpha value is -2.21. The van der Waals surface area contributed by atoms with Crippen molar-refractivity contribution < 1.29 is 43.4 Å². The molecule has 1 aliphatic heterocycles. The van der Waals surface area contributed by atoms with Crippen molar-refractivity contribution in [2.24, 2.45) is 5.92 Å². The van der Waals surface area contributed by atoms with Crippen molar-refractivity contribution in [1.29, 1.82) is 0 Å². The number of methoxy groups -OCH3 is 2. The fourth-order valence-corrected chi connectivity index (χ4v) is 4.69. The molecule has 0 radical (unpaired) electrons. The molecule has 220 valence electrons. The SMILES string of the molecule is COCOc1cc(OC)cc(/C=C/C[C@@H]2OC(C)(C)OC2C(O)/C=C\[C@H](C)CO)c1C(=O)OCC[Si](C)(C)C. The van der Waals surface area contributed by atoms with Crippen molar-refractivity contribution in [3.05, 3.63) is 41.5 Å². The zero-order chi connectivity index (χ0) is 29.2. The summed E-state index contributed by atoms with van der Waals surface area (Å²) in [6, 6.07) is 4.22. The summed E-state index contributed by atoms with van der Waals surface area (Å²) in [5.74, 6) is -0.632. The van der Waals surface area contributed by atoms with E-state index in [1.54, 1.807) is 44.2 Å². The third kappa shape index (κ3) is 10.7. The molecule has 0 aromatic heterocycles. The van der Waals surface area contributed by atoms with Gasteiger partial charge in [0.25, 0.3) is 0 Å². The molecule has 10 heteroatoms. The van der Waals surface area contributed by atoms with E-state index in [0.29, 0.717) is 30.1 Å². The number of carbonyl (C=O) groups excluding carboxylic acids is 1. The molecule has 0 spiro atoms. The predicted molar refractivity (Wildman–Crippen MR) is 153 cm³/mol. The average molecular weight is 567 g/mol. The first-order valence-electron chi connectivity index (χ1n) is 13.3. The van der Waals surface area contributed by atoms with E-state index in [1.165, 1.54) is 14.2 Å². The quantitative estimate of drug-likeness (QED) is 0.136. The number of rotatable bonds is 15. The second-order valence-corrected chi connectivity index (χ2v) is 17.0. The van der Waals surface area contributed by atoms with Crippen LogP contribution in [0.15, 0.2) is 30.4 Å². The summed E-state index contributed by atoms with van der Waals surface area (Å²) in [6.07, 6.45) is 5.48. The molecule has 1 fully saturated rings. The van der Waals surface area contributed by atoms with Crippen LogP contribution in [0.4, 0.5) is 0 Å². The van der Waals surface area contributed by atoms with Gasteiger partial charge in [-0.05, 0) is 43.9 Å². The van der Waals surface area contributed by atoms with Crippen LogP contribution in [0.1, 0.15) is 43.1 Å². The third-order valence-corrected chi connectivity index (χ3v) is 7.82. The highest BCUT2D eigenvalue weighted by atomic mass is 28.3. The number of aliphatic hydroxyl groups excluding tert-OH is 2. The molecule has 1 aromatic rings. The van der Waals surface area contributed by atoms with Crippen LogP contribution in [0.5, 0.6) is 11.5 Å². The van der Waals surface area contributed by atoms with Gasteiger partial charge in [0.15, 0.2) is 12.6 Å². The summed E-state index contributed by atoms with van der Waals surface area (Å²) in [4.78, 5) is 13.2. The van der Waals surface area contributed by atoms with Crippen molar-refractivity contribution in [3.63, 3.8) is 0 Å². The van der Waals surface area contributed by atoms with Crippen molar-refractivity contribution in [2.45, 2.75) is 77.0 Å². The summed E-state index contributed by atoms with van der Waals surface area (Å²) < 4.78 is 33.9. The van der Waals surface area contributed by atoms with Crippen LogP contribution >= 0.6 is 0 Å². The molecule has 9 nitrogen and oxygen atoms in total. The lowest BCUT2D eigenvalue weighted by molar-refractivity contribution is -0.152. The number of esters is 1. The van der Waals surface area contributed by atoms with Crippen LogP contribution in [-0.4, -0.2) is 82.6 Å². The minimum atomic E-state index is -1.39. The van der Waals surface area contributed by atoms with Gasteiger partial charge < -0.3 is 38.6 Å². The van der Waals surface area contributed by atoms with Crippen LogP contribution in [0.2, 0.25) is 25.7 Å². The molecule has 0 amide bonds. The number of hydrogen-bond acceptors (Lipinski definition) is 9. The summed E-state index contributed by atoms with van der Waals surface area (Å²) in [5.41, 5.74) is 0.839. The Morgan fingerprint density at radius 1 is 1.18 bits per heavy atom. The molecule has 1 aromatic carbocycles. The molecule has 0 bridgehead atoms. The van der Waals surface area contributed by atoms with E-state index in [1.807, 2.05) is 13.0 Å². The van der Waals surface area contributed by atoms with E-state index >= 15 is 0 Å². The Labute approximate surface area is 233 Å². The van der Waals surface area contributed by atoms with Gasteiger partial charge in [-0.15, -0.1) is 0 Å². The van der Waals surface area contributed by atoms with Gasteiger partial charge in [0.2, 0.25) is 0 Å². The molecule has 1 saturated heterocycles. The molecule has 1 aliphatic rings. The number of aliphatic hydroxyl groups is 2. The second-order valence-electron chi connectivity index (χ2n) is 11.4. The van der Waals surface area contributed by atoms with Gasteiger partial charge in [0.05, 0.1) is 19.8 Å². The third-order valence-electron chi connectivity index (χ3n) is 6.11. The number of ether oxygens (including phenoxy) is 6. The Morgan fingerprint density at radius 3 is 2.51 bits per heavy atom. The Balaban J connectivity index is 2.32. The molecule has 2 unspecified atom stereocenters. The molecular formula is C29H46O9Si. The minimum absolute atomic E-state index is 0.0115. The molecule has 2 N–H and O–H groups in total. The summed E-state index contributed by atoms with van der Waals surface area (Å²) in [6.45, 7) is 12.4. The Bertz CT molecular complexity index is 984. The average Bonchev–Trinajstić information content (AvgIpc) is 3.18. The molecule has 2 rings (SSSR count). The number of benzene rings is 1. The summed E-state index contributed by atoms with van der Waals surface area (Å²) in [7, 11) is 1.65. The monoisotopic (exact) mass is 566 g/mol. The van der Waals surface area contributed by atoms with E-state index in [2.05, 4.69) is 19.6 Å². The lowest BCUT2D eigenvalue weighted by Crippen LogP contribution is -2.34. The van der Waals surface area contributed by atoms with Crippen molar-refractivity contribution in [2.75, 3.05) is 34.2 Å².